The Hall–Kier alpha value is -2.39. The van der Waals surface area contributed by atoms with Crippen LogP contribution in [0.1, 0.15) is 35.5 Å². The number of aliphatic hydroxyl groups excluding tert-OH is 1. The van der Waals surface area contributed by atoms with Crippen molar-refractivity contribution in [3.8, 4) is 0 Å². The van der Waals surface area contributed by atoms with Gasteiger partial charge in [-0.15, -0.1) is 0 Å². The second-order valence-electron chi connectivity index (χ2n) is 5.35. The molecule has 2 aromatic rings. The minimum Gasteiger partial charge on any atom is -0.455 e. The molecular weight excluding hydrogens is 276 g/mol. The number of hydrogen-bond acceptors (Lipinski definition) is 3. The maximum atomic E-state index is 12.7. The Morgan fingerprint density at radius 3 is 2.55 bits per heavy atom. The van der Waals surface area contributed by atoms with Gasteiger partial charge in [0.05, 0.1) is 11.5 Å². The van der Waals surface area contributed by atoms with Gasteiger partial charge in [0, 0.05) is 16.7 Å². The Labute approximate surface area is 129 Å². The average Bonchev–Trinajstić information content (AvgIpc) is 2.48. The van der Waals surface area contributed by atoms with E-state index in [0.29, 0.717) is 33.4 Å². The van der Waals surface area contributed by atoms with E-state index in [2.05, 4.69) is 13.2 Å². The predicted octanol–water partition coefficient (Wildman–Crippen LogP) is 4.22. The predicted molar refractivity (Wildman–Crippen MR) is 91.0 cm³/mol. The van der Waals surface area contributed by atoms with Gasteiger partial charge in [-0.1, -0.05) is 31.4 Å². The minimum atomic E-state index is -0.725. The molecular formula is C19H20O3. The molecule has 0 amide bonds. The van der Waals surface area contributed by atoms with E-state index in [-0.39, 0.29) is 5.43 Å². The van der Waals surface area contributed by atoms with Crippen molar-refractivity contribution in [2.24, 2.45) is 0 Å². The van der Waals surface area contributed by atoms with Crippen LogP contribution in [0.3, 0.4) is 0 Å². The highest BCUT2D eigenvalue weighted by atomic mass is 16.3. The van der Waals surface area contributed by atoms with E-state index in [0.717, 1.165) is 5.56 Å². The Morgan fingerprint density at radius 2 is 2.00 bits per heavy atom. The first kappa shape index (κ1) is 16.0. The molecule has 0 bridgehead atoms. The van der Waals surface area contributed by atoms with Crippen molar-refractivity contribution >= 4 is 16.5 Å². The Balaban J connectivity index is 2.97. The lowest BCUT2D eigenvalue weighted by Crippen LogP contribution is -2.10. The van der Waals surface area contributed by atoms with Crippen molar-refractivity contribution in [2.75, 3.05) is 0 Å². The fraction of sp³-hybridized carbons (Fsp3) is 0.211. The van der Waals surface area contributed by atoms with Gasteiger partial charge in [-0.25, -0.2) is 0 Å². The third-order valence-electron chi connectivity index (χ3n) is 3.62. The maximum Gasteiger partial charge on any atom is 0.196 e. The Kier molecular flexibility index (Phi) is 4.48. The largest absolute Gasteiger partial charge is 0.455 e. The fourth-order valence-corrected chi connectivity index (χ4v) is 2.52. The van der Waals surface area contributed by atoms with Gasteiger partial charge >= 0.3 is 0 Å². The molecule has 0 fully saturated rings. The molecule has 0 saturated heterocycles. The molecule has 1 unspecified atom stereocenters. The molecule has 0 aliphatic carbocycles. The summed E-state index contributed by atoms with van der Waals surface area (Å²) in [7, 11) is 0. The van der Waals surface area contributed by atoms with E-state index in [1.807, 2.05) is 13.0 Å². The lowest BCUT2D eigenvalue weighted by molar-refractivity contribution is 0.199. The molecule has 114 valence electrons. The highest BCUT2D eigenvalue weighted by Crippen LogP contribution is 2.29. The number of benzene rings is 1. The maximum absolute atomic E-state index is 12.7. The molecule has 0 radical (unpaired) electrons. The zero-order chi connectivity index (χ0) is 16.4. The van der Waals surface area contributed by atoms with E-state index < -0.39 is 6.10 Å². The van der Waals surface area contributed by atoms with E-state index in [4.69, 9.17) is 4.42 Å². The smallest absolute Gasteiger partial charge is 0.196 e. The van der Waals surface area contributed by atoms with Crippen LogP contribution in [0.5, 0.6) is 0 Å². The van der Waals surface area contributed by atoms with Gasteiger partial charge < -0.3 is 9.52 Å². The lowest BCUT2D eigenvalue weighted by atomic mass is 10.00. The molecule has 1 aromatic heterocycles. The topological polar surface area (TPSA) is 50.4 Å². The summed E-state index contributed by atoms with van der Waals surface area (Å²) in [5.41, 5.74) is 3.04. The van der Waals surface area contributed by atoms with Crippen molar-refractivity contribution in [1.29, 1.82) is 0 Å². The molecule has 1 aromatic carbocycles. The first-order valence-corrected chi connectivity index (χ1v) is 7.12. The summed E-state index contributed by atoms with van der Waals surface area (Å²) in [4.78, 5) is 12.7. The molecule has 0 saturated carbocycles. The second kappa shape index (κ2) is 6.16. The number of allylic oxidation sites excluding steroid dienone is 4. The van der Waals surface area contributed by atoms with Crippen LogP contribution < -0.4 is 5.43 Å². The monoisotopic (exact) mass is 296 g/mol. The van der Waals surface area contributed by atoms with Gasteiger partial charge in [-0.3, -0.25) is 4.79 Å². The second-order valence-corrected chi connectivity index (χ2v) is 5.35. The van der Waals surface area contributed by atoms with Crippen LogP contribution in [0.2, 0.25) is 0 Å². The van der Waals surface area contributed by atoms with E-state index in [9.17, 15) is 9.90 Å². The van der Waals surface area contributed by atoms with Crippen LogP contribution in [0.4, 0.5) is 0 Å². The lowest BCUT2D eigenvalue weighted by Gasteiger charge is -2.13. The third kappa shape index (κ3) is 2.68. The summed E-state index contributed by atoms with van der Waals surface area (Å²) >= 11 is 0. The van der Waals surface area contributed by atoms with Crippen molar-refractivity contribution < 1.29 is 9.52 Å². The average molecular weight is 296 g/mol. The molecule has 2 rings (SSSR count). The van der Waals surface area contributed by atoms with E-state index in [1.165, 1.54) is 0 Å². The Bertz CT molecular complexity index is 836. The molecule has 0 aliphatic rings. The molecule has 22 heavy (non-hydrogen) atoms. The molecule has 1 heterocycles. The third-order valence-corrected chi connectivity index (χ3v) is 3.62. The molecule has 3 nitrogen and oxygen atoms in total. The Morgan fingerprint density at radius 1 is 1.32 bits per heavy atom. The van der Waals surface area contributed by atoms with Crippen LogP contribution in [0, 0.1) is 13.8 Å². The van der Waals surface area contributed by atoms with E-state index >= 15 is 0 Å². The number of aliphatic hydroxyl groups is 1. The highest BCUT2D eigenvalue weighted by molar-refractivity contribution is 5.85. The van der Waals surface area contributed by atoms with Gasteiger partial charge in [-0.05, 0) is 38.5 Å². The zero-order valence-electron chi connectivity index (χ0n) is 13.1. The first-order chi connectivity index (χ1) is 10.4. The first-order valence-electron chi connectivity index (χ1n) is 7.12. The fourth-order valence-electron chi connectivity index (χ4n) is 2.52. The highest BCUT2D eigenvalue weighted by Gasteiger charge is 2.17. The summed E-state index contributed by atoms with van der Waals surface area (Å²) in [6.45, 7) is 12.7. The van der Waals surface area contributed by atoms with Gasteiger partial charge in [-0.2, -0.15) is 0 Å². The molecule has 3 heteroatoms. The van der Waals surface area contributed by atoms with Crippen molar-refractivity contribution in [3.63, 3.8) is 0 Å². The number of rotatable bonds is 4. The van der Waals surface area contributed by atoms with Crippen LogP contribution in [0.25, 0.3) is 16.5 Å². The van der Waals surface area contributed by atoms with Gasteiger partial charge in [0.2, 0.25) is 0 Å². The number of fused-ring (bicyclic) bond motifs is 1. The van der Waals surface area contributed by atoms with Crippen LogP contribution >= 0.6 is 0 Å². The molecule has 0 spiro atoms. The van der Waals surface area contributed by atoms with Gasteiger partial charge in [0.15, 0.2) is 5.43 Å². The number of aryl methyl sites for hydroxylation is 1. The SMILES string of the molecule is C=C/C=C(\C=C)c1oc2c(C(C)O)cc(C)cc2c(=O)c1C. The molecule has 1 N–H and O–H groups in total. The minimum absolute atomic E-state index is 0.0985. The summed E-state index contributed by atoms with van der Waals surface area (Å²) in [5, 5.41) is 10.5. The number of hydrogen-bond donors (Lipinski definition) is 1. The summed E-state index contributed by atoms with van der Waals surface area (Å²) < 4.78 is 5.98. The van der Waals surface area contributed by atoms with Crippen LogP contribution in [-0.2, 0) is 0 Å². The van der Waals surface area contributed by atoms with Crippen LogP contribution in [0.15, 0.2) is 52.7 Å². The molecule has 1 atom stereocenters. The van der Waals surface area contributed by atoms with E-state index in [1.54, 1.807) is 38.1 Å². The van der Waals surface area contributed by atoms with Crippen molar-refractivity contribution in [1.82, 2.24) is 0 Å². The zero-order valence-corrected chi connectivity index (χ0v) is 13.1. The summed E-state index contributed by atoms with van der Waals surface area (Å²) in [6, 6.07) is 3.62. The quantitative estimate of drug-likeness (QED) is 0.859. The normalized spacial score (nSPS) is 13.2. The molecule has 0 aliphatic heterocycles. The summed E-state index contributed by atoms with van der Waals surface area (Å²) in [6.07, 6.45) is 4.25. The van der Waals surface area contributed by atoms with Crippen molar-refractivity contribution in [2.45, 2.75) is 26.9 Å². The standard InChI is InChI=1S/C19H20O3/c1-6-8-14(7-2)18-12(4)17(21)16-10-11(3)9-15(13(5)20)19(16)22-18/h6-10,13,20H,1-2H2,3-5H3/b14-8+. The van der Waals surface area contributed by atoms with Gasteiger partial charge in [0.1, 0.15) is 11.3 Å². The van der Waals surface area contributed by atoms with Gasteiger partial charge in [0.25, 0.3) is 0 Å². The van der Waals surface area contributed by atoms with Crippen LogP contribution in [-0.4, -0.2) is 5.11 Å². The summed E-state index contributed by atoms with van der Waals surface area (Å²) in [5.74, 6) is 0.457. The van der Waals surface area contributed by atoms with Crippen molar-refractivity contribution in [3.05, 3.63) is 76.2 Å².